The molecule has 0 aliphatic rings. The molecule has 0 saturated heterocycles. The normalized spacial score (nSPS) is 10.7. The van der Waals surface area contributed by atoms with Crippen LogP contribution in [0, 0.1) is 10.1 Å². The van der Waals surface area contributed by atoms with Crippen LogP contribution in [0.2, 0.25) is 0 Å². The van der Waals surface area contributed by atoms with Crippen molar-refractivity contribution in [2.45, 2.75) is 0 Å². The van der Waals surface area contributed by atoms with Gasteiger partial charge < -0.3 is 25.3 Å². The Labute approximate surface area is 202 Å². The fourth-order valence-corrected chi connectivity index (χ4v) is 3.59. The van der Waals surface area contributed by atoms with E-state index in [4.69, 9.17) is 5.11 Å². The summed E-state index contributed by atoms with van der Waals surface area (Å²) < 4.78 is 1.92. The first-order valence-corrected chi connectivity index (χ1v) is 10.4. The average molecular weight is 541 g/mol. The second kappa shape index (κ2) is 9.18. The molecule has 0 spiro atoms. The van der Waals surface area contributed by atoms with Gasteiger partial charge in [-0.05, 0) is 24.3 Å². The van der Waals surface area contributed by atoms with E-state index in [0.717, 1.165) is 16.6 Å². The first-order chi connectivity index (χ1) is 16.6. The standard InChI is InChI=1S/C21H13BrN6O7/c22-10-2-1-3-11(6-10)23-21(33)26-14-9-27(5-4-17(14)29)15-7-12-13(8-16(15)28(34)35)25-19(30)18(24-12)20(31)32/h1-9H,(H,25,30)(H,31,32)(H2,23,26,33). The summed E-state index contributed by atoms with van der Waals surface area (Å²) in [6.45, 7) is 0. The molecule has 0 saturated carbocycles. The van der Waals surface area contributed by atoms with Crippen LogP contribution < -0.4 is 21.6 Å². The van der Waals surface area contributed by atoms with E-state index in [-0.39, 0.29) is 22.4 Å². The van der Waals surface area contributed by atoms with Crippen molar-refractivity contribution in [3.05, 3.63) is 95.7 Å². The highest BCUT2D eigenvalue weighted by Crippen LogP contribution is 2.27. The van der Waals surface area contributed by atoms with E-state index < -0.39 is 39.3 Å². The Bertz CT molecular complexity index is 1650. The number of hydrogen-bond donors (Lipinski definition) is 4. The molecular weight excluding hydrogens is 528 g/mol. The van der Waals surface area contributed by atoms with Gasteiger partial charge in [0.2, 0.25) is 11.1 Å². The van der Waals surface area contributed by atoms with Gasteiger partial charge in [0.1, 0.15) is 11.4 Å². The van der Waals surface area contributed by atoms with Gasteiger partial charge in [0.05, 0.1) is 16.0 Å². The molecule has 35 heavy (non-hydrogen) atoms. The van der Waals surface area contributed by atoms with E-state index in [9.17, 15) is 29.3 Å². The number of hydrogen-bond acceptors (Lipinski definition) is 7. The number of nitrogens with one attached hydrogen (secondary N) is 3. The van der Waals surface area contributed by atoms with Gasteiger partial charge in [0.25, 0.3) is 11.2 Å². The third-order valence-corrected chi connectivity index (χ3v) is 5.21. The van der Waals surface area contributed by atoms with Crippen LogP contribution in [0.25, 0.3) is 16.7 Å². The molecule has 4 N–H and O–H groups in total. The number of H-pyrrole nitrogens is 1. The minimum absolute atomic E-state index is 0.0387. The fraction of sp³-hybridized carbons (Fsp3) is 0. The molecule has 176 valence electrons. The number of pyridine rings is 1. The lowest BCUT2D eigenvalue weighted by Gasteiger charge is -2.12. The number of aromatic amines is 1. The van der Waals surface area contributed by atoms with Crippen LogP contribution in [0.15, 0.2) is 68.9 Å². The largest absolute Gasteiger partial charge is 0.476 e. The van der Waals surface area contributed by atoms with Gasteiger partial charge in [-0.3, -0.25) is 19.7 Å². The number of aromatic nitrogens is 3. The van der Waals surface area contributed by atoms with Gasteiger partial charge in [0, 0.05) is 34.7 Å². The third-order valence-electron chi connectivity index (χ3n) is 4.72. The van der Waals surface area contributed by atoms with Crippen molar-refractivity contribution in [1.29, 1.82) is 0 Å². The summed E-state index contributed by atoms with van der Waals surface area (Å²) in [7, 11) is 0. The number of amides is 2. The predicted molar refractivity (Wildman–Crippen MR) is 128 cm³/mol. The van der Waals surface area contributed by atoms with Crippen molar-refractivity contribution in [2.75, 3.05) is 10.6 Å². The van der Waals surface area contributed by atoms with Gasteiger partial charge in [0.15, 0.2) is 0 Å². The zero-order valence-electron chi connectivity index (χ0n) is 17.3. The van der Waals surface area contributed by atoms with Crippen molar-refractivity contribution in [2.24, 2.45) is 0 Å². The first kappa shape index (κ1) is 23.3. The number of carbonyl (C=O) groups excluding carboxylic acids is 1. The Hall–Kier alpha value is -4.85. The van der Waals surface area contributed by atoms with Gasteiger partial charge in [-0.1, -0.05) is 22.0 Å². The maximum absolute atomic E-state index is 12.4. The maximum atomic E-state index is 12.4. The number of carboxylic acid groups (broad SMARTS) is 1. The van der Waals surface area contributed by atoms with Crippen LogP contribution in [0.1, 0.15) is 10.5 Å². The molecule has 2 amide bonds. The summed E-state index contributed by atoms with van der Waals surface area (Å²) >= 11 is 3.28. The maximum Gasteiger partial charge on any atom is 0.360 e. The molecule has 0 aliphatic heterocycles. The van der Waals surface area contributed by atoms with Gasteiger partial charge in [-0.25, -0.2) is 14.6 Å². The second-order valence-corrected chi connectivity index (χ2v) is 7.97. The number of carbonyl (C=O) groups is 2. The van der Waals surface area contributed by atoms with Crippen molar-refractivity contribution < 1.29 is 19.6 Å². The summed E-state index contributed by atoms with van der Waals surface area (Å²) in [5.41, 5.74) is -2.75. The second-order valence-electron chi connectivity index (χ2n) is 7.05. The average Bonchev–Trinajstić information content (AvgIpc) is 2.79. The molecule has 0 aliphatic carbocycles. The van der Waals surface area contributed by atoms with Crippen LogP contribution >= 0.6 is 15.9 Å². The highest BCUT2D eigenvalue weighted by molar-refractivity contribution is 9.10. The SMILES string of the molecule is O=C(Nc1cccc(Br)c1)Nc1cn(-c2cc3nc(C(=O)O)c(=O)[nH]c3cc2[N+](=O)[O-])ccc1=O. The van der Waals surface area contributed by atoms with Gasteiger partial charge in [-0.2, -0.15) is 0 Å². The number of rotatable bonds is 5. The summed E-state index contributed by atoms with van der Waals surface area (Å²) in [5.74, 6) is -1.57. The highest BCUT2D eigenvalue weighted by Gasteiger charge is 2.20. The lowest BCUT2D eigenvalue weighted by atomic mass is 10.2. The number of nitrogens with zero attached hydrogens (tertiary/aromatic N) is 3. The van der Waals surface area contributed by atoms with Crippen LogP contribution in [0.4, 0.5) is 21.9 Å². The summed E-state index contributed by atoms with van der Waals surface area (Å²) in [5, 5.41) is 25.8. The molecule has 4 aromatic rings. The molecule has 0 fully saturated rings. The zero-order valence-corrected chi connectivity index (χ0v) is 18.9. The first-order valence-electron chi connectivity index (χ1n) is 9.64. The lowest BCUT2D eigenvalue weighted by Crippen LogP contribution is -2.24. The van der Waals surface area contributed by atoms with E-state index >= 15 is 0 Å². The highest BCUT2D eigenvalue weighted by atomic mass is 79.9. The lowest BCUT2D eigenvalue weighted by molar-refractivity contribution is -0.384. The van der Waals surface area contributed by atoms with E-state index in [2.05, 4.69) is 36.5 Å². The molecule has 4 rings (SSSR count). The van der Waals surface area contributed by atoms with Gasteiger partial charge >= 0.3 is 12.0 Å². The van der Waals surface area contributed by atoms with Crippen LogP contribution in [0.5, 0.6) is 0 Å². The summed E-state index contributed by atoms with van der Waals surface area (Å²) in [6, 6.07) is 9.31. The van der Waals surface area contributed by atoms with Crippen molar-refractivity contribution in [1.82, 2.24) is 14.5 Å². The summed E-state index contributed by atoms with van der Waals surface area (Å²) in [4.78, 5) is 64.9. The molecule has 0 atom stereocenters. The number of nitro groups is 1. The molecule has 0 unspecified atom stereocenters. The topological polar surface area (TPSA) is 189 Å². The monoisotopic (exact) mass is 540 g/mol. The quantitative estimate of drug-likeness (QED) is 0.219. The predicted octanol–water partition coefficient (Wildman–Crippen LogP) is 3.09. The fourth-order valence-electron chi connectivity index (χ4n) is 3.19. The van der Waals surface area contributed by atoms with E-state index in [1.165, 1.54) is 23.0 Å². The molecule has 13 nitrogen and oxygen atoms in total. The molecule has 2 heterocycles. The smallest absolute Gasteiger partial charge is 0.360 e. The van der Waals surface area contributed by atoms with Crippen molar-refractivity contribution >= 4 is 56.0 Å². The van der Waals surface area contributed by atoms with Crippen molar-refractivity contribution in [3.8, 4) is 5.69 Å². The molecule has 14 heteroatoms. The Morgan fingerprint density at radius 2 is 1.91 bits per heavy atom. The number of aromatic carboxylic acids is 1. The molecule has 0 radical (unpaired) electrons. The van der Waals surface area contributed by atoms with Crippen LogP contribution in [-0.4, -0.2) is 36.6 Å². The Morgan fingerprint density at radius 1 is 1.14 bits per heavy atom. The molecule has 2 aromatic carbocycles. The number of carboxylic acids is 1. The number of fused-ring (bicyclic) bond motifs is 1. The molecule has 0 bridgehead atoms. The van der Waals surface area contributed by atoms with Gasteiger partial charge in [-0.15, -0.1) is 0 Å². The van der Waals surface area contributed by atoms with E-state index in [1.54, 1.807) is 24.3 Å². The zero-order chi connectivity index (χ0) is 25.3. The minimum atomic E-state index is -1.57. The Morgan fingerprint density at radius 3 is 2.60 bits per heavy atom. The number of benzene rings is 2. The van der Waals surface area contributed by atoms with Crippen molar-refractivity contribution in [3.63, 3.8) is 0 Å². The molecular formula is C21H13BrN6O7. The van der Waals surface area contributed by atoms with Crippen LogP contribution in [-0.2, 0) is 0 Å². The number of halogens is 1. The third kappa shape index (κ3) is 4.91. The number of nitro benzene ring substituents is 1. The number of urea groups is 1. The Balaban J connectivity index is 1.76. The van der Waals surface area contributed by atoms with E-state index in [0.29, 0.717) is 5.69 Å². The summed E-state index contributed by atoms with van der Waals surface area (Å²) in [6.07, 6.45) is 2.40. The Kier molecular flexibility index (Phi) is 6.12. The number of anilines is 2. The molecule has 2 aromatic heterocycles. The minimum Gasteiger partial charge on any atom is -0.476 e. The van der Waals surface area contributed by atoms with E-state index in [1.807, 2.05) is 0 Å². The van der Waals surface area contributed by atoms with Crippen LogP contribution in [0.3, 0.4) is 0 Å².